The van der Waals surface area contributed by atoms with E-state index >= 15 is 0 Å². The lowest BCUT2D eigenvalue weighted by atomic mass is 10.1. The number of nitrogens with zero attached hydrogens (tertiary/aromatic N) is 1. The normalized spacial score (nSPS) is 20.0. The predicted molar refractivity (Wildman–Crippen MR) is 106 cm³/mol. The van der Waals surface area contributed by atoms with E-state index < -0.39 is 18.2 Å². The summed E-state index contributed by atoms with van der Waals surface area (Å²) in [5.41, 5.74) is 1.86. The molecule has 2 heterocycles. The van der Waals surface area contributed by atoms with Crippen molar-refractivity contribution >= 4 is 17.8 Å². The Kier molecular flexibility index (Phi) is 5.31. The van der Waals surface area contributed by atoms with Crippen molar-refractivity contribution in [1.82, 2.24) is 10.2 Å². The average molecular weight is 410 g/mol. The van der Waals surface area contributed by atoms with Crippen LogP contribution in [0.1, 0.15) is 40.6 Å². The lowest BCUT2D eigenvalue weighted by molar-refractivity contribution is -0.145. The van der Waals surface area contributed by atoms with Crippen LogP contribution in [-0.4, -0.2) is 42.9 Å². The van der Waals surface area contributed by atoms with Gasteiger partial charge in [-0.1, -0.05) is 24.3 Å². The summed E-state index contributed by atoms with van der Waals surface area (Å²) >= 11 is 0. The molecule has 2 aromatic rings. The molecule has 0 aliphatic carbocycles. The Balaban J connectivity index is 1.49. The first kappa shape index (κ1) is 19.8. The van der Waals surface area contributed by atoms with Crippen LogP contribution in [0.4, 0.5) is 0 Å². The Labute approximate surface area is 173 Å². The van der Waals surface area contributed by atoms with Crippen LogP contribution < -0.4 is 14.8 Å². The van der Waals surface area contributed by atoms with Crippen LogP contribution in [0.2, 0.25) is 0 Å². The molecule has 8 heteroatoms. The van der Waals surface area contributed by atoms with E-state index in [0.717, 1.165) is 5.56 Å². The van der Waals surface area contributed by atoms with E-state index in [1.54, 1.807) is 50.6 Å². The number of methoxy groups -OCH3 is 2. The second kappa shape index (κ2) is 8.06. The van der Waals surface area contributed by atoms with Gasteiger partial charge in [0.2, 0.25) is 18.0 Å². The number of nitrogens with one attached hydrogen (secondary N) is 1. The molecule has 1 fully saturated rings. The first-order chi connectivity index (χ1) is 14.5. The number of hydrogen-bond acceptors (Lipinski definition) is 6. The van der Waals surface area contributed by atoms with Gasteiger partial charge in [0.15, 0.2) is 11.5 Å². The topological polar surface area (TPSA) is 94.2 Å². The predicted octanol–water partition coefficient (Wildman–Crippen LogP) is 2.18. The molecule has 0 saturated carbocycles. The van der Waals surface area contributed by atoms with Gasteiger partial charge in [-0.3, -0.25) is 14.5 Å². The van der Waals surface area contributed by atoms with E-state index in [2.05, 4.69) is 5.32 Å². The van der Waals surface area contributed by atoms with E-state index in [1.165, 1.54) is 4.90 Å². The monoisotopic (exact) mass is 410 g/mol. The maximum Gasteiger partial charge on any atom is 0.340 e. The highest BCUT2D eigenvalue weighted by Gasteiger charge is 2.46. The van der Waals surface area contributed by atoms with E-state index in [1.807, 2.05) is 6.07 Å². The summed E-state index contributed by atoms with van der Waals surface area (Å²) in [4.78, 5) is 39.0. The van der Waals surface area contributed by atoms with Crippen molar-refractivity contribution in [2.45, 2.75) is 31.7 Å². The van der Waals surface area contributed by atoms with Crippen molar-refractivity contribution in [3.63, 3.8) is 0 Å². The Morgan fingerprint density at radius 2 is 1.90 bits per heavy atom. The minimum absolute atomic E-state index is 0.212. The summed E-state index contributed by atoms with van der Waals surface area (Å²) in [5.74, 6) is 0.171. The van der Waals surface area contributed by atoms with Crippen molar-refractivity contribution in [3.8, 4) is 11.5 Å². The molecule has 30 heavy (non-hydrogen) atoms. The first-order valence-corrected chi connectivity index (χ1v) is 9.63. The Morgan fingerprint density at radius 1 is 1.13 bits per heavy atom. The van der Waals surface area contributed by atoms with Gasteiger partial charge in [-0.2, -0.15) is 0 Å². The number of fused-ring (bicyclic) bond motifs is 1. The maximum atomic E-state index is 12.9. The molecule has 2 atom stereocenters. The number of rotatable bonds is 6. The van der Waals surface area contributed by atoms with Crippen LogP contribution in [0.3, 0.4) is 0 Å². The first-order valence-electron chi connectivity index (χ1n) is 9.63. The number of esters is 1. The molecule has 1 saturated heterocycles. The van der Waals surface area contributed by atoms with Gasteiger partial charge in [0.25, 0.3) is 0 Å². The Morgan fingerprint density at radius 3 is 2.67 bits per heavy atom. The van der Waals surface area contributed by atoms with Crippen LogP contribution >= 0.6 is 0 Å². The molecule has 4 rings (SSSR count). The summed E-state index contributed by atoms with van der Waals surface area (Å²) in [7, 11) is 3.10. The highest BCUT2D eigenvalue weighted by molar-refractivity contribution is 5.96. The quantitative estimate of drug-likeness (QED) is 0.734. The fourth-order valence-corrected chi connectivity index (χ4v) is 3.88. The lowest BCUT2D eigenvalue weighted by Gasteiger charge is -2.29. The van der Waals surface area contributed by atoms with Crippen LogP contribution in [0.5, 0.6) is 11.5 Å². The summed E-state index contributed by atoms with van der Waals surface area (Å²) in [5, 5.41) is 2.87. The molecule has 2 unspecified atom stereocenters. The number of amides is 2. The van der Waals surface area contributed by atoms with Crippen molar-refractivity contribution in [1.29, 1.82) is 0 Å². The molecule has 1 N–H and O–H groups in total. The summed E-state index contributed by atoms with van der Waals surface area (Å²) < 4.78 is 15.9. The smallest absolute Gasteiger partial charge is 0.340 e. The third-order valence-corrected chi connectivity index (χ3v) is 5.39. The molecular formula is C22H22N2O6. The number of benzene rings is 2. The average Bonchev–Trinajstić information content (AvgIpc) is 3.31. The fourth-order valence-electron chi connectivity index (χ4n) is 3.88. The molecule has 8 nitrogen and oxygen atoms in total. The van der Waals surface area contributed by atoms with Crippen molar-refractivity contribution in [3.05, 3.63) is 59.2 Å². The van der Waals surface area contributed by atoms with Gasteiger partial charge in [-0.25, -0.2) is 4.79 Å². The molecule has 0 spiro atoms. The summed E-state index contributed by atoms with van der Waals surface area (Å²) in [6.45, 7) is 0.263. The van der Waals surface area contributed by atoms with Crippen LogP contribution in [0, 0.1) is 0 Å². The fraction of sp³-hybridized carbons (Fsp3) is 0.318. The van der Waals surface area contributed by atoms with E-state index in [0.29, 0.717) is 29.0 Å². The van der Waals surface area contributed by atoms with Gasteiger partial charge >= 0.3 is 5.97 Å². The third-order valence-electron chi connectivity index (χ3n) is 5.39. The largest absolute Gasteiger partial charge is 0.493 e. The molecule has 156 valence electrons. The summed E-state index contributed by atoms with van der Waals surface area (Å²) in [6, 6.07) is 11.6. The molecule has 0 aromatic heterocycles. The van der Waals surface area contributed by atoms with E-state index in [9.17, 15) is 14.4 Å². The number of carbonyl (C=O) groups is 3. The number of cyclic esters (lactones) is 1. The zero-order valence-corrected chi connectivity index (χ0v) is 16.7. The van der Waals surface area contributed by atoms with Crippen LogP contribution in [-0.2, 0) is 20.9 Å². The zero-order chi connectivity index (χ0) is 21.3. The molecule has 2 aromatic carbocycles. The van der Waals surface area contributed by atoms with Crippen molar-refractivity contribution in [2.24, 2.45) is 0 Å². The molecule has 2 aliphatic rings. The second-order valence-corrected chi connectivity index (χ2v) is 7.11. The standard InChI is InChI=1S/C22H22N2O6/c1-28-17-9-7-13(11-18(17)29-2)12-23-20(26)16-8-10-19(25)24(16)21-14-5-3-4-6-15(14)22(27)30-21/h3-7,9,11,16,21H,8,10,12H2,1-2H3,(H,23,26). The highest BCUT2D eigenvalue weighted by Crippen LogP contribution is 2.38. The van der Waals surface area contributed by atoms with E-state index in [-0.39, 0.29) is 24.8 Å². The highest BCUT2D eigenvalue weighted by atomic mass is 16.6. The number of hydrogen-bond donors (Lipinski definition) is 1. The zero-order valence-electron chi connectivity index (χ0n) is 16.7. The van der Waals surface area contributed by atoms with Crippen LogP contribution in [0.15, 0.2) is 42.5 Å². The van der Waals surface area contributed by atoms with E-state index in [4.69, 9.17) is 14.2 Å². The lowest BCUT2D eigenvalue weighted by Crippen LogP contribution is -2.46. The molecule has 2 aliphatic heterocycles. The Bertz CT molecular complexity index is 1000. The van der Waals surface area contributed by atoms with Crippen LogP contribution in [0.25, 0.3) is 0 Å². The van der Waals surface area contributed by atoms with Gasteiger partial charge in [-0.05, 0) is 30.2 Å². The van der Waals surface area contributed by atoms with Gasteiger partial charge in [0.1, 0.15) is 6.04 Å². The third kappa shape index (κ3) is 3.45. The molecule has 0 bridgehead atoms. The molecule has 2 amide bonds. The number of ether oxygens (including phenoxy) is 3. The van der Waals surface area contributed by atoms with Crippen molar-refractivity contribution in [2.75, 3.05) is 14.2 Å². The van der Waals surface area contributed by atoms with Gasteiger partial charge in [0, 0.05) is 18.5 Å². The van der Waals surface area contributed by atoms with Gasteiger partial charge < -0.3 is 19.5 Å². The minimum Gasteiger partial charge on any atom is -0.493 e. The van der Waals surface area contributed by atoms with Gasteiger partial charge in [0.05, 0.1) is 19.8 Å². The minimum atomic E-state index is -0.875. The maximum absolute atomic E-state index is 12.9. The molecular weight excluding hydrogens is 388 g/mol. The molecule has 0 radical (unpaired) electrons. The van der Waals surface area contributed by atoms with Crippen molar-refractivity contribution < 1.29 is 28.6 Å². The Hall–Kier alpha value is -3.55. The number of likely N-dealkylation sites (tertiary alicyclic amines) is 1. The number of carbonyl (C=O) groups excluding carboxylic acids is 3. The summed E-state index contributed by atoms with van der Waals surface area (Å²) in [6.07, 6.45) is -0.280. The SMILES string of the molecule is COc1ccc(CNC(=O)C2CCC(=O)N2C2OC(=O)c3ccccc32)cc1OC. The second-order valence-electron chi connectivity index (χ2n) is 7.11. The van der Waals surface area contributed by atoms with Gasteiger partial charge in [-0.15, -0.1) is 0 Å².